The zero-order valence-electron chi connectivity index (χ0n) is 14.3. The van der Waals surface area contributed by atoms with Gasteiger partial charge in [0.1, 0.15) is 21.8 Å². The van der Waals surface area contributed by atoms with E-state index >= 15 is 0 Å². The van der Waals surface area contributed by atoms with E-state index in [4.69, 9.17) is 9.47 Å². The molecule has 0 radical (unpaired) electrons. The molecule has 0 aliphatic rings. The van der Waals surface area contributed by atoms with Gasteiger partial charge in [-0.2, -0.15) is 4.73 Å². The molecule has 0 bridgehead atoms. The third kappa shape index (κ3) is 2.86. The van der Waals surface area contributed by atoms with E-state index in [-0.39, 0.29) is 0 Å². The Kier molecular flexibility index (Phi) is 4.22. The van der Waals surface area contributed by atoms with E-state index in [2.05, 4.69) is 9.97 Å². The molecule has 0 saturated heterocycles. The van der Waals surface area contributed by atoms with Crippen LogP contribution in [0.4, 0.5) is 0 Å². The van der Waals surface area contributed by atoms with Gasteiger partial charge in [-0.15, -0.1) is 11.3 Å². The molecule has 0 saturated carbocycles. The van der Waals surface area contributed by atoms with Crippen LogP contribution in [0.1, 0.15) is 11.4 Å². The summed E-state index contributed by atoms with van der Waals surface area (Å²) in [6.45, 7) is 0. The normalized spacial score (nSPS) is 11.0. The second-order valence-electron chi connectivity index (χ2n) is 5.73. The van der Waals surface area contributed by atoms with Crippen molar-refractivity contribution in [3.8, 4) is 21.9 Å². The van der Waals surface area contributed by atoms with Crippen molar-refractivity contribution in [2.24, 2.45) is 0 Å². The summed E-state index contributed by atoms with van der Waals surface area (Å²) in [5, 5.41) is 10.6. The van der Waals surface area contributed by atoms with Crippen LogP contribution in [0.3, 0.4) is 0 Å². The highest BCUT2D eigenvalue weighted by Crippen LogP contribution is 2.34. The fraction of sp³-hybridized carbons (Fsp3) is 0.158. The van der Waals surface area contributed by atoms with Crippen LogP contribution in [-0.4, -0.2) is 34.1 Å². The Labute approximate surface area is 154 Å². The van der Waals surface area contributed by atoms with Crippen molar-refractivity contribution < 1.29 is 14.7 Å². The van der Waals surface area contributed by atoms with Crippen molar-refractivity contribution in [3.05, 3.63) is 60.2 Å². The van der Waals surface area contributed by atoms with Crippen molar-refractivity contribution in [2.45, 2.75) is 6.42 Å². The van der Waals surface area contributed by atoms with Crippen LogP contribution in [-0.2, 0) is 6.42 Å². The molecule has 7 heteroatoms. The van der Waals surface area contributed by atoms with E-state index < -0.39 is 0 Å². The predicted octanol–water partition coefficient (Wildman–Crippen LogP) is 4.01. The lowest BCUT2D eigenvalue weighted by molar-refractivity contribution is 0.189. The zero-order valence-corrected chi connectivity index (χ0v) is 15.2. The van der Waals surface area contributed by atoms with Gasteiger partial charge in [0.15, 0.2) is 5.82 Å². The second-order valence-corrected chi connectivity index (χ2v) is 6.76. The third-order valence-electron chi connectivity index (χ3n) is 4.20. The number of ether oxygens (including phenoxy) is 2. The summed E-state index contributed by atoms with van der Waals surface area (Å²) < 4.78 is 11.8. The van der Waals surface area contributed by atoms with E-state index in [0.717, 1.165) is 37.1 Å². The number of imidazole rings is 1. The molecule has 3 aromatic heterocycles. The van der Waals surface area contributed by atoms with Gasteiger partial charge in [0.05, 0.1) is 14.2 Å². The second kappa shape index (κ2) is 6.68. The molecule has 0 unspecified atom stereocenters. The molecule has 4 aromatic rings. The van der Waals surface area contributed by atoms with Crippen LogP contribution in [0.25, 0.3) is 20.8 Å². The van der Waals surface area contributed by atoms with E-state index in [1.807, 2.05) is 36.4 Å². The number of hydrogen-bond donors (Lipinski definition) is 1. The van der Waals surface area contributed by atoms with Crippen molar-refractivity contribution in [1.29, 1.82) is 0 Å². The fourth-order valence-corrected chi connectivity index (χ4v) is 3.90. The van der Waals surface area contributed by atoms with Crippen molar-refractivity contribution in [1.82, 2.24) is 14.7 Å². The number of hydrogen-bond acceptors (Lipinski definition) is 6. The molecule has 0 aliphatic carbocycles. The van der Waals surface area contributed by atoms with E-state index in [1.54, 1.807) is 26.6 Å². The van der Waals surface area contributed by atoms with E-state index in [9.17, 15) is 5.21 Å². The number of pyridine rings is 1. The molecule has 132 valence electrons. The summed E-state index contributed by atoms with van der Waals surface area (Å²) in [5.41, 5.74) is 2.65. The smallest absolute Gasteiger partial charge is 0.151 e. The van der Waals surface area contributed by atoms with Gasteiger partial charge in [0.25, 0.3) is 0 Å². The van der Waals surface area contributed by atoms with Crippen molar-refractivity contribution >= 4 is 21.7 Å². The van der Waals surface area contributed by atoms with Gasteiger partial charge in [0, 0.05) is 29.3 Å². The monoisotopic (exact) mass is 367 g/mol. The maximum atomic E-state index is 10.6. The van der Waals surface area contributed by atoms with Gasteiger partial charge in [-0.3, -0.25) is 4.98 Å². The number of benzene rings is 1. The van der Waals surface area contributed by atoms with Gasteiger partial charge in [-0.05, 0) is 42.0 Å². The molecule has 3 heterocycles. The molecule has 0 fully saturated rings. The molecular weight excluding hydrogens is 350 g/mol. The molecule has 6 nitrogen and oxygen atoms in total. The topological polar surface area (TPSA) is 69.4 Å². The molecule has 0 amide bonds. The Bertz CT molecular complexity index is 1060. The zero-order chi connectivity index (χ0) is 18.1. The van der Waals surface area contributed by atoms with Crippen LogP contribution in [0.5, 0.6) is 11.5 Å². The minimum absolute atomic E-state index is 0.433. The van der Waals surface area contributed by atoms with Crippen LogP contribution >= 0.6 is 11.3 Å². The Morgan fingerprint density at radius 2 is 1.88 bits per heavy atom. The number of nitrogens with zero attached hydrogens (tertiary/aromatic N) is 3. The molecule has 0 spiro atoms. The molecule has 4 rings (SSSR count). The van der Waals surface area contributed by atoms with Crippen LogP contribution in [0.15, 0.2) is 48.8 Å². The SMILES string of the molecule is COc1ccc(OC)c(Cc2nc3sc(-c4ccncc4)cc3n2O)c1. The Hall–Kier alpha value is -3.06. The quantitative estimate of drug-likeness (QED) is 0.540. The van der Waals surface area contributed by atoms with Gasteiger partial charge < -0.3 is 14.7 Å². The largest absolute Gasteiger partial charge is 0.497 e. The summed E-state index contributed by atoms with van der Waals surface area (Å²) in [6.07, 6.45) is 3.93. The van der Waals surface area contributed by atoms with Crippen molar-refractivity contribution in [2.75, 3.05) is 14.2 Å². The lowest BCUT2D eigenvalue weighted by atomic mass is 10.1. The highest BCUT2D eigenvalue weighted by atomic mass is 32.1. The maximum Gasteiger partial charge on any atom is 0.151 e. The van der Waals surface area contributed by atoms with Crippen LogP contribution < -0.4 is 9.47 Å². The highest BCUT2D eigenvalue weighted by molar-refractivity contribution is 7.21. The first-order chi connectivity index (χ1) is 12.7. The van der Waals surface area contributed by atoms with Gasteiger partial charge in [0.2, 0.25) is 0 Å². The van der Waals surface area contributed by atoms with Gasteiger partial charge in [-0.25, -0.2) is 4.98 Å². The average Bonchev–Trinajstić information content (AvgIpc) is 3.22. The first-order valence-corrected chi connectivity index (χ1v) is 8.83. The molecule has 1 N–H and O–H groups in total. The molecule has 26 heavy (non-hydrogen) atoms. The first kappa shape index (κ1) is 16.4. The van der Waals surface area contributed by atoms with E-state index in [0.29, 0.717) is 17.8 Å². The van der Waals surface area contributed by atoms with Crippen LogP contribution in [0.2, 0.25) is 0 Å². The third-order valence-corrected chi connectivity index (χ3v) is 5.27. The summed E-state index contributed by atoms with van der Waals surface area (Å²) in [4.78, 5) is 10.5. The Balaban J connectivity index is 1.70. The minimum Gasteiger partial charge on any atom is -0.497 e. The number of methoxy groups -OCH3 is 2. The number of aromatic nitrogens is 3. The summed E-state index contributed by atoms with van der Waals surface area (Å²) in [5.74, 6) is 2.02. The molecule has 0 aliphatic heterocycles. The number of fused-ring (bicyclic) bond motifs is 1. The van der Waals surface area contributed by atoms with Crippen molar-refractivity contribution in [3.63, 3.8) is 0 Å². The standard InChI is InChI=1S/C19H17N3O3S/c1-24-14-3-4-16(25-2)13(9-14)10-18-21-19-15(22(18)23)11-17(26-19)12-5-7-20-8-6-12/h3-9,11,23H,10H2,1-2H3. The minimum atomic E-state index is 0.433. The molecular formula is C19H17N3O3S. The summed E-state index contributed by atoms with van der Waals surface area (Å²) in [6, 6.07) is 11.4. The number of rotatable bonds is 5. The Morgan fingerprint density at radius 1 is 1.08 bits per heavy atom. The van der Waals surface area contributed by atoms with E-state index in [1.165, 1.54) is 11.3 Å². The van der Waals surface area contributed by atoms with Crippen LogP contribution in [0, 0.1) is 0 Å². The Morgan fingerprint density at radius 3 is 2.58 bits per heavy atom. The summed E-state index contributed by atoms with van der Waals surface area (Å²) >= 11 is 1.54. The lowest BCUT2D eigenvalue weighted by Crippen LogP contribution is -2.02. The maximum absolute atomic E-state index is 10.6. The van der Waals surface area contributed by atoms with Gasteiger partial charge in [-0.1, -0.05) is 0 Å². The highest BCUT2D eigenvalue weighted by Gasteiger charge is 2.17. The first-order valence-electron chi connectivity index (χ1n) is 8.01. The molecule has 0 atom stereocenters. The van der Waals surface area contributed by atoms with Gasteiger partial charge >= 0.3 is 0 Å². The predicted molar refractivity (Wildman–Crippen MR) is 100 cm³/mol. The molecule has 1 aromatic carbocycles. The summed E-state index contributed by atoms with van der Waals surface area (Å²) in [7, 11) is 3.24. The number of thiophene rings is 1. The fourth-order valence-electron chi connectivity index (χ4n) is 2.87. The lowest BCUT2D eigenvalue weighted by Gasteiger charge is -2.10. The average molecular weight is 367 g/mol.